The largest absolute Gasteiger partial charge is 0.379 e. The molecule has 2 fully saturated rings. The molecule has 1 aliphatic carbocycles. The van der Waals surface area contributed by atoms with Crippen LogP contribution in [0.1, 0.15) is 12.8 Å². The van der Waals surface area contributed by atoms with E-state index in [1.165, 1.54) is 0 Å². The third kappa shape index (κ3) is 3.02. The summed E-state index contributed by atoms with van der Waals surface area (Å²) in [5, 5.41) is 3.59. The third-order valence-electron chi connectivity index (χ3n) is 6.04. The van der Waals surface area contributed by atoms with E-state index in [9.17, 15) is 0 Å². The normalized spacial score (nSPS) is 27.7. The van der Waals surface area contributed by atoms with Crippen LogP contribution in [-0.2, 0) is 4.74 Å². The minimum atomic E-state index is 0.198. The third-order valence-corrected chi connectivity index (χ3v) is 6.04. The fraction of sp³-hybridized carbons (Fsp3) is 0.450. The zero-order valence-electron chi connectivity index (χ0n) is 15.4. The fourth-order valence-corrected chi connectivity index (χ4v) is 4.73. The van der Waals surface area contributed by atoms with Gasteiger partial charge in [-0.15, -0.1) is 0 Å². The number of methoxy groups -OCH3 is 1. The van der Waals surface area contributed by atoms with Gasteiger partial charge in [-0.25, -0.2) is 15.0 Å². The van der Waals surface area contributed by atoms with Crippen LogP contribution in [-0.4, -0.2) is 52.3 Å². The van der Waals surface area contributed by atoms with Crippen molar-refractivity contribution in [1.82, 2.24) is 19.9 Å². The topological polar surface area (TPSA) is 79.0 Å². The van der Waals surface area contributed by atoms with Crippen molar-refractivity contribution in [3.05, 3.63) is 43.0 Å². The molecule has 2 aliphatic rings. The maximum absolute atomic E-state index is 5.84. The summed E-state index contributed by atoms with van der Waals surface area (Å²) in [4.78, 5) is 19.0. The molecule has 5 rings (SSSR count). The van der Waals surface area contributed by atoms with E-state index in [2.05, 4.69) is 30.2 Å². The van der Waals surface area contributed by atoms with Crippen LogP contribution in [0.2, 0.25) is 0 Å². The van der Waals surface area contributed by atoms with Crippen molar-refractivity contribution in [2.45, 2.75) is 25.0 Å². The highest BCUT2D eigenvalue weighted by Gasteiger charge is 2.43. The highest BCUT2D eigenvalue weighted by molar-refractivity contribution is 5.86. The van der Waals surface area contributed by atoms with Crippen molar-refractivity contribution in [2.75, 3.05) is 30.4 Å². The van der Waals surface area contributed by atoms with Gasteiger partial charge in [0.15, 0.2) is 5.82 Å². The van der Waals surface area contributed by atoms with Crippen LogP contribution >= 0.6 is 0 Å². The van der Waals surface area contributed by atoms with E-state index in [4.69, 9.17) is 4.74 Å². The summed E-state index contributed by atoms with van der Waals surface area (Å²) < 4.78 is 5.84. The Hall–Kier alpha value is -2.67. The van der Waals surface area contributed by atoms with Gasteiger partial charge in [0.1, 0.15) is 17.7 Å². The molecular weight excluding hydrogens is 340 g/mol. The van der Waals surface area contributed by atoms with Crippen molar-refractivity contribution in [2.24, 2.45) is 11.8 Å². The van der Waals surface area contributed by atoms with Crippen LogP contribution in [0.4, 0.5) is 11.6 Å². The van der Waals surface area contributed by atoms with Gasteiger partial charge in [0.25, 0.3) is 0 Å². The second-order valence-electron chi connectivity index (χ2n) is 7.57. The molecule has 0 aromatic carbocycles. The summed E-state index contributed by atoms with van der Waals surface area (Å²) >= 11 is 0. The molecule has 0 amide bonds. The number of nitrogens with zero attached hydrogens (tertiary/aromatic N) is 4. The standard InChI is InChI=1S/C20H24N6O/c1-27-17-9-14-11-26(20-19-15(5-7-22-19)23-12-24-20)10-13(14)8-16(17)25-18-4-2-3-6-21-18/h2-7,12-14,16-17,22H,8-11H2,1H3,(H,21,25)/t13-,14+,16-,17-/m1/s1. The molecular formula is C20H24N6O. The quantitative estimate of drug-likeness (QED) is 0.741. The van der Waals surface area contributed by atoms with Crippen LogP contribution in [0.25, 0.3) is 11.0 Å². The first-order valence-electron chi connectivity index (χ1n) is 9.55. The predicted octanol–water partition coefficient (Wildman–Crippen LogP) is 2.69. The molecule has 4 heterocycles. The molecule has 0 bridgehead atoms. The van der Waals surface area contributed by atoms with Crippen LogP contribution < -0.4 is 10.2 Å². The lowest BCUT2D eigenvalue weighted by Gasteiger charge is -2.37. The van der Waals surface area contributed by atoms with E-state index in [1.54, 1.807) is 6.33 Å². The van der Waals surface area contributed by atoms with Crippen LogP contribution in [0.5, 0.6) is 0 Å². The van der Waals surface area contributed by atoms with E-state index in [1.807, 2.05) is 43.8 Å². The lowest BCUT2D eigenvalue weighted by Crippen LogP contribution is -2.44. The number of aromatic amines is 1. The molecule has 2 N–H and O–H groups in total. The van der Waals surface area contributed by atoms with Gasteiger partial charge in [-0.2, -0.15) is 0 Å². The summed E-state index contributed by atoms with van der Waals surface area (Å²) in [5.74, 6) is 3.18. The summed E-state index contributed by atoms with van der Waals surface area (Å²) in [6.45, 7) is 2.04. The van der Waals surface area contributed by atoms with Gasteiger partial charge in [0.2, 0.25) is 0 Å². The molecule has 3 aromatic rings. The Labute approximate surface area is 158 Å². The van der Waals surface area contributed by atoms with Crippen molar-refractivity contribution in [3.63, 3.8) is 0 Å². The average Bonchev–Trinajstić information content (AvgIpc) is 3.34. The Morgan fingerprint density at radius 1 is 1.11 bits per heavy atom. The van der Waals surface area contributed by atoms with Gasteiger partial charge in [-0.1, -0.05) is 6.07 Å². The number of ether oxygens (including phenoxy) is 1. The van der Waals surface area contributed by atoms with Crippen LogP contribution in [0.3, 0.4) is 0 Å². The molecule has 140 valence electrons. The number of hydrogen-bond acceptors (Lipinski definition) is 6. The molecule has 3 aromatic heterocycles. The number of aromatic nitrogens is 4. The van der Waals surface area contributed by atoms with E-state index in [0.29, 0.717) is 11.8 Å². The van der Waals surface area contributed by atoms with E-state index in [0.717, 1.165) is 48.6 Å². The van der Waals surface area contributed by atoms with Crippen molar-refractivity contribution >= 4 is 22.7 Å². The Morgan fingerprint density at radius 2 is 2.00 bits per heavy atom. The van der Waals surface area contributed by atoms with Crippen molar-refractivity contribution in [1.29, 1.82) is 0 Å². The fourth-order valence-electron chi connectivity index (χ4n) is 4.73. The first-order valence-corrected chi connectivity index (χ1v) is 9.55. The number of anilines is 2. The molecule has 0 unspecified atom stereocenters. The number of nitrogens with one attached hydrogen (secondary N) is 2. The minimum Gasteiger partial charge on any atom is -0.379 e. The number of hydrogen-bond donors (Lipinski definition) is 2. The highest BCUT2D eigenvalue weighted by Crippen LogP contribution is 2.40. The lowest BCUT2D eigenvalue weighted by atomic mass is 9.77. The molecule has 4 atom stereocenters. The molecule has 1 saturated heterocycles. The Bertz CT molecular complexity index is 913. The number of H-pyrrole nitrogens is 1. The molecule has 7 nitrogen and oxygen atoms in total. The Balaban J connectivity index is 1.35. The van der Waals surface area contributed by atoms with Gasteiger partial charge in [-0.3, -0.25) is 0 Å². The summed E-state index contributed by atoms with van der Waals surface area (Å²) in [7, 11) is 1.82. The van der Waals surface area contributed by atoms with Crippen molar-refractivity contribution in [3.8, 4) is 0 Å². The summed E-state index contributed by atoms with van der Waals surface area (Å²) in [6, 6.07) is 8.24. The van der Waals surface area contributed by atoms with Gasteiger partial charge in [0.05, 0.1) is 17.7 Å². The van der Waals surface area contributed by atoms with Gasteiger partial charge in [0, 0.05) is 32.6 Å². The van der Waals surface area contributed by atoms with E-state index in [-0.39, 0.29) is 12.1 Å². The predicted molar refractivity (Wildman–Crippen MR) is 105 cm³/mol. The SMILES string of the molecule is CO[C@@H]1C[C@H]2CN(c3ncnc4cc[nH]c34)C[C@H]2C[C@H]1Nc1ccccn1. The van der Waals surface area contributed by atoms with Gasteiger partial charge >= 0.3 is 0 Å². The molecule has 1 saturated carbocycles. The van der Waals surface area contributed by atoms with E-state index >= 15 is 0 Å². The lowest BCUT2D eigenvalue weighted by molar-refractivity contribution is 0.0305. The van der Waals surface area contributed by atoms with Crippen molar-refractivity contribution < 1.29 is 4.74 Å². The molecule has 7 heteroatoms. The maximum atomic E-state index is 5.84. The zero-order chi connectivity index (χ0) is 18.2. The van der Waals surface area contributed by atoms with Gasteiger partial charge < -0.3 is 19.9 Å². The molecule has 27 heavy (non-hydrogen) atoms. The van der Waals surface area contributed by atoms with Crippen LogP contribution in [0.15, 0.2) is 43.0 Å². The molecule has 0 spiro atoms. The second kappa shape index (κ2) is 6.81. The number of fused-ring (bicyclic) bond motifs is 2. The maximum Gasteiger partial charge on any atom is 0.156 e. The minimum absolute atomic E-state index is 0.198. The summed E-state index contributed by atoms with van der Waals surface area (Å²) in [5.41, 5.74) is 2.00. The Kier molecular flexibility index (Phi) is 4.16. The molecule has 1 aliphatic heterocycles. The zero-order valence-corrected chi connectivity index (χ0v) is 15.4. The molecule has 0 radical (unpaired) electrons. The first kappa shape index (κ1) is 16.5. The smallest absolute Gasteiger partial charge is 0.156 e. The monoisotopic (exact) mass is 364 g/mol. The highest BCUT2D eigenvalue weighted by atomic mass is 16.5. The van der Waals surface area contributed by atoms with Crippen LogP contribution in [0, 0.1) is 11.8 Å². The first-order chi connectivity index (χ1) is 13.3. The summed E-state index contributed by atoms with van der Waals surface area (Å²) in [6.07, 6.45) is 7.75. The average molecular weight is 364 g/mol. The van der Waals surface area contributed by atoms with E-state index < -0.39 is 0 Å². The second-order valence-corrected chi connectivity index (χ2v) is 7.57. The van der Waals surface area contributed by atoms with Gasteiger partial charge in [-0.05, 0) is 42.9 Å². The number of pyridine rings is 1. The number of rotatable bonds is 4. The Morgan fingerprint density at radius 3 is 2.81 bits per heavy atom.